The SMILES string of the molecule is CCC(CC)c1ccnc(-c2cncc3c2oc2ccccc23)c1. The summed E-state index contributed by atoms with van der Waals surface area (Å²) in [6.45, 7) is 4.46. The predicted molar refractivity (Wildman–Crippen MR) is 98.1 cm³/mol. The van der Waals surface area contributed by atoms with Gasteiger partial charge in [-0.25, -0.2) is 0 Å². The number of nitrogens with zero attached hydrogens (tertiary/aromatic N) is 2. The molecule has 1 aromatic carbocycles. The van der Waals surface area contributed by atoms with Crippen molar-refractivity contribution in [2.24, 2.45) is 0 Å². The summed E-state index contributed by atoms with van der Waals surface area (Å²) in [5.41, 5.74) is 4.96. The Balaban J connectivity index is 1.92. The lowest BCUT2D eigenvalue weighted by molar-refractivity contribution is 0.641. The second-order valence-corrected chi connectivity index (χ2v) is 6.15. The van der Waals surface area contributed by atoms with Crippen LogP contribution in [0, 0.1) is 0 Å². The lowest BCUT2D eigenvalue weighted by atomic mass is 9.93. The highest BCUT2D eigenvalue weighted by molar-refractivity contribution is 6.08. The van der Waals surface area contributed by atoms with Gasteiger partial charge in [-0.05, 0) is 42.5 Å². The van der Waals surface area contributed by atoms with E-state index in [0.29, 0.717) is 5.92 Å². The van der Waals surface area contributed by atoms with Crippen LogP contribution in [0.1, 0.15) is 38.2 Å². The molecule has 0 unspecified atom stereocenters. The fraction of sp³-hybridized carbons (Fsp3) is 0.238. The van der Waals surface area contributed by atoms with Crippen molar-refractivity contribution in [3.05, 3.63) is 60.6 Å². The first-order valence-electron chi connectivity index (χ1n) is 8.53. The second-order valence-electron chi connectivity index (χ2n) is 6.15. The molecule has 0 aliphatic carbocycles. The van der Waals surface area contributed by atoms with Gasteiger partial charge < -0.3 is 4.42 Å². The lowest BCUT2D eigenvalue weighted by Crippen LogP contribution is -1.97. The average molecular weight is 316 g/mol. The van der Waals surface area contributed by atoms with E-state index < -0.39 is 0 Å². The molecule has 0 fully saturated rings. The normalized spacial score (nSPS) is 11.6. The standard InChI is InChI=1S/C21H20N2O/c1-3-14(4-2)15-9-10-23-19(11-15)18-13-22-12-17-16-7-5-6-8-20(16)24-21(17)18/h5-14H,3-4H2,1-2H3. The number of pyridine rings is 2. The summed E-state index contributed by atoms with van der Waals surface area (Å²) in [6, 6.07) is 12.4. The molecular weight excluding hydrogens is 296 g/mol. The summed E-state index contributed by atoms with van der Waals surface area (Å²) in [5.74, 6) is 0.564. The van der Waals surface area contributed by atoms with Gasteiger partial charge in [0.1, 0.15) is 11.2 Å². The molecule has 24 heavy (non-hydrogen) atoms. The van der Waals surface area contributed by atoms with Crippen molar-refractivity contribution in [1.29, 1.82) is 0 Å². The molecule has 0 amide bonds. The first-order valence-corrected chi connectivity index (χ1v) is 8.53. The summed E-state index contributed by atoms with van der Waals surface area (Å²) in [6.07, 6.45) is 7.88. The molecule has 0 aliphatic rings. The maximum atomic E-state index is 6.11. The van der Waals surface area contributed by atoms with E-state index in [1.807, 2.05) is 36.8 Å². The van der Waals surface area contributed by atoms with Crippen molar-refractivity contribution >= 4 is 21.9 Å². The summed E-state index contributed by atoms with van der Waals surface area (Å²) in [7, 11) is 0. The highest BCUT2D eigenvalue weighted by Gasteiger charge is 2.15. The monoisotopic (exact) mass is 316 g/mol. The molecule has 3 nitrogen and oxygen atoms in total. The topological polar surface area (TPSA) is 38.9 Å². The highest BCUT2D eigenvalue weighted by Crippen LogP contribution is 2.35. The predicted octanol–water partition coefficient (Wildman–Crippen LogP) is 5.95. The third-order valence-electron chi connectivity index (χ3n) is 4.80. The Morgan fingerprint density at radius 2 is 1.83 bits per heavy atom. The van der Waals surface area contributed by atoms with Crippen LogP contribution >= 0.6 is 0 Å². The van der Waals surface area contributed by atoms with Crippen LogP contribution in [0.2, 0.25) is 0 Å². The minimum Gasteiger partial charge on any atom is -0.455 e. The van der Waals surface area contributed by atoms with Gasteiger partial charge in [0, 0.05) is 29.4 Å². The van der Waals surface area contributed by atoms with Crippen LogP contribution in [0.15, 0.2) is 59.4 Å². The van der Waals surface area contributed by atoms with Crippen LogP contribution in [0.4, 0.5) is 0 Å². The van der Waals surface area contributed by atoms with Gasteiger partial charge in [-0.3, -0.25) is 9.97 Å². The van der Waals surface area contributed by atoms with Crippen LogP contribution in [-0.4, -0.2) is 9.97 Å². The molecule has 0 saturated carbocycles. The van der Waals surface area contributed by atoms with Crippen molar-refractivity contribution in [3.8, 4) is 11.3 Å². The number of hydrogen-bond acceptors (Lipinski definition) is 3. The highest BCUT2D eigenvalue weighted by atomic mass is 16.3. The van der Waals surface area contributed by atoms with Gasteiger partial charge in [0.15, 0.2) is 0 Å². The van der Waals surface area contributed by atoms with Crippen molar-refractivity contribution in [3.63, 3.8) is 0 Å². The zero-order chi connectivity index (χ0) is 16.5. The number of aromatic nitrogens is 2. The molecule has 0 atom stereocenters. The van der Waals surface area contributed by atoms with Crippen LogP contribution in [0.5, 0.6) is 0 Å². The van der Waals surface area contributed by atoms with Gasteiger partial charge in [0.25, 0.3) is 0 Å². The van der Waals surface area contributed by atoms with E-state index in [2.05, 4.69) is 42.0 Å². The number of rotatable bonds is 4. The minimum atomic E-state index is 0.564. The Bertz CT molecular complexity index is 999. The van der Waals surface area contributed by atoms with E-state index in [0.717, 1.165) is 46.0 Å². The molecule has 0 saturated heterocycles. The molecule has 3 heterocycles. The molecule has 3 heteroatoms. The average Bonchev–Trinajstić information content (AvgIpc) is 3.02. The van der Waals surface area contributed by atoms with Gasteiger partial charge in [-0.2, -0.15) is 0 Å². The molecule has 0 radical (unpaired) electrons. The Morgan fingerprint density at radius 3 is 2.67 bits per heavy atom. The smallest absolute Gasteiger partial charge is 0.147 e. The third kappa shape index (κ3) is 2.37. The summed E-state index contributed by atoms with van der Waals surface area (Å²) < 4.78 is 6.11. The summed E-state index contributed by atoms with van der Waals surface area (Å²) in [5, 5.41) is 2.14. The van der Waals surface area contributed by atoms with Gasteiger partial charge in [0.2, 0.25) is 0 Å². The fourth-order valence-corrected chi connectivity index (χ4v) is 3.43. The first-order chi connectivity index (χ1) is 11.8. The molecule has 0 spiro atoms. The Hall–Kier alpha value is -2.68. The molecule has 4 aromatic rings. The largest absolute Gasteiger partial charge is 0.455 e. The third-order valence-corrected chi connectivity index (χ3v) is 4.80. The maximum Gasteiger partial charge on any atom is 0.147 e. The van der Waals surface area contributed by atoms with Crippen LogP contribution in [0.3, 0.4) is 0 Å². The quantitative estimate of drug-likeness (QED) is 0.467. The molecule has 120 valence electrons. The Kier molecular flexibility index (Phi) is 3.77. The molecule has 3 aromatic heterocycles. The number of para-hydroxylation sites is 1. The molecule has 0 bridgehead atoms. The lowest BCUT2D eigenvalue weighted by Gasteiger charge is -2.13. The van der Waals surface area contributed by atoms with E-state index in [-0.39, 0.29) is 0 Å². The minimum absolute atomic E-state index is 0.564. The van der Waals surface area contributed by atoms with Crippen molar-refractivity contribution < 1.29 is 4.42 Å². The van der Waals surface area contributed by atoms with Crippen LogP contribution < -0.4 is 0 Å². The van der Waals surface area contributed by atoms with Gasteiger partial charge in [-0.15, -0.1) is 0 Å². The maximum absolute atomic E-state index is 6.11. The molecule has 0 aliphatic heterocycles. The number of furan rings is 1. The first kappa shape index (κ1) is 14.9. The number of fused-ring (bicyclic) bond motifs is 3. The molecule has 0 N–H and O–H groups in total. The van der Waals surface area contributed by atoms with Gasteiger partial charge >= 0.3 is 0 Å². The van der Waals surface area contributed by atoms with Crippen LogP contribution in [0.25, 0.3) is 33.2 Å². The Labute approximate surface area is 141 Å². The summed E-state index contributed by atoms with van der Waals surface area (Å²) >= 11 is 0. The number of hydrogen-bond donors (Lipinski definition) is 0. The Morgan fingerprint density at radius 1 is 1.00 bits per heavy atom. The molecule has 4 rings (SSSR count). The van der Waals surface area contributed by atoms with E-state index in [4.69, 9.17) is 4.42 Å². The van der Waals surface area contributed by atoms with Crippen molar-refractivity contribution in [2.45, 2.75) is 32.6 Å². The van der Waals surface area contributed by atoms with E-state index in [1.54, 1.807) is 0 Å². The van der Waals surface area contributed by atoms with Gasteiger partial charge in [-0.1, -0.05) is 32.0 Å². The van der Waals surface area contributed by atoms with Crippen molar-refractivity contribution in [1.82, 2.24) is 9.97 Å². The molecular formula is C21H20N2O. The summed E-state index contributed by atoms with van der Waals surface area (Å²) in [4.78, 5) is 9.01. The van der Waals surface area contributed by atoms with Crippen LogP contribution in [-0.2, 0) is 0 Å². The zero-order valence-electron chi connectivity index (χ0n) is 14.0. The van der Waals surface area contributed by atoms with E-state index in [9.17, 15) is 0 Å². The van der Waals surface area contributed by atoms with E-state index in [1.165, 1.54) is 5.56 Å². The van der Waals surface area contributed by atoms with Crippen molar-refractivity contribution in [2.75, 3.05) is 0 Å². The second kappa shape index (κ2) is 6.08. The van der Waals surface area contributed by atoms with Gasteiger partial charge in [0.05, 0.1) is 11.3 Å². The fourth-order valence-electron chi connectivity index (χ4n) is 3.43. The number of benzene rings is 1. The van der Waals surface area contributed by atoms with E-state index >= 15 is 0 Å². The zero-order valence-corrected chi connectivity index (χ0v) is 14.0.